The molecular formula is C31H42O12. The summed E-state index contributed by atoms with van der Waals surface area (Å²) in [4.78, 5) is 58.7. The van der Waals surface area contributed by atoms with E-state index >= 15 is 0 Å². The number of aliphatic carboxylic acids is 2. The largest absolute Gasteiger partial charge is 0.481 e. The van der Waals surface area contributed by atoms with E-state index in [0.29, 0.717) is 44.9 Å². The van der Waals surface area contributed by atoms with Crippen LogP contribution in [0.25, 0.3) is 0 Å². The van der Waals surface area contributed by atoms with E-state index in [1.165, 1.54) is 0 Å². The van der Waals surface area contributed by atoms with Crippen molar-refractivity contribution in [3.05, 3.63) is 11.6 Å². The van der Waals surface area contributed by atoms with Crippen molar-refractivity contribution in [3.8, 4) is 0 Å². The van der Waals surface area contributed by atoms with Gasteiger partial charge in [-0.1, -0.05) is 6.92 Å². The summed E-state index contributed by atoms with van der Waals surface area (Å²) in [5.41, 5.74) is -3.05. The molecule has 12 nitrogen and oxygen atoms in total. The van der Waals surface area contributed by atoms with Crippen LogP contribution in [0.5, 0.6) is 0 Å². The van der Waals surface area contributed by atoms with Gasteiger partial charge in [-0.15, -0.1) is 0 Å². The van der Waals surface area contributed by atoms with Crippen molar-refractivity contribution < 1.29 is 58.6 Å². The number of hydrogen-bond acceptors (Lipinski definition) is 10. The first-order valence-corrected chi connectivity index (χ1v) is 15.3. The quantitative estimate of drug-likeness (QED) is 0.210. The molecule has 8 unspecified atom stereocenters. The topological polar surface area (TPSA) is 194 Å². The normalized spacial score (nSPS) is 39.9. The van der Waals surface area contributed by atoms with E-state index in [1.54, 1.807) is 6.08 Å². The van der Waals surface area contributed by atoms with Gasteiger partial charge in [0, 0.05) is 23.3 Å². The summed E-state index contributed by atoms with van der Waals surface area (Å²) in [7, 11) is 0. The molecule has 5 aliphatic rings. The third-order valence-electron chi connectivity index (χ3n) is 11.6. The van der Waals surface area contributed by atoms with Gasteiger partial charge in [-0.25, -0.2) is 4.79 Å². The molecule has 0 saturated heterocycles. The Balaban J connectivity index is 1.41. The van der Waals surface area contributed by atoms with Gasteiger partial charge >= 0.3 is 29.8 Å². The minimum absolute atomic E-state index is 0.0172. The lowest BCUT2D eigenvalue weighted by molar-refractivity contribution is -0.272. The third-order valence-corrected chi connectivity index (χ3v) is 11.6. The average molecular weight is 607 g/mol. The van der Waals surface area contributed by atoms with Crippen LogP contribution in [0.2, 0.25) is 0 Å². The number of rotatable bonds is 10. The maximum Gasteiger partial charge on any atom is 0.331 e. The predicted molar refractivity (Wildman–Crippen MR) is 146 cm³/mol. The van der Waals surface area contributed by atoms with Crippen LogP contribution < -0.4 is 0 Å². The molecular weight excluding hydrogens is 564 g/mol. The molecule has 12 heteroatoms. The van der Waals surface area contributed by atoms with E-state index < -0.39 is 52.0 Å². The van der Waals surface area contributed by atoms with Gasteiger partial charge in [0.1, 0.15) is 12.7 Å². The minimum atomic E-state index is -1.40. The van der Waals surface area contributed by atoms with E-state index in [9.17, 15) is 34.2 Å². The van der Waals surface area contributed by atoms with E-state index in [1.807, 2.05) is 0 Å². The zero-order valence-electron chi connectivity index (χ0n) is 24.5. The van der Waals surface area contributed by atoms with Crippen molar-refractivity contribution in [2.45, 2.75) is 108 Å². The van der Waals surface area contributed by atoms with Crippen molar-refractivity contribution in [1.82, 2.24) is 0 Å². The number of aliphatic hydroxyl groups is 2. The Labute approximate surface area is 249 Å². The molecule has 0 spiro atoms. The molecule has 4 fully saturated rings. The first-order chi connectivity index (χ1) is 20.2. The Bertz CT molecular complexity index is 1210. The summed E-state index contributed by atoms with van der Waals surface area (Å²) >= 11 is 0. The summed E-state index contributed by atoms with van der Waals surface area (Å²) in [6.07, 6.45) is 3.66. The monoisotopic (exact) mass is 606 g/mol. The third kappa shape index (κ3) is 5.45. The van der Waals surface area contributed by atoms with Crippen LogP contribution in [0.4, 0.5) is 0 Å². The second-order valence-corrected chi connectivity index (χ2v) is 13.5. The Morgan fingerprint density at radius 1 is 0.884 bits per heavy atom. The van der Waals surface area contributed by atoms with Crippen LogP contribution in [0, 0.1) is 28.6 Å². The average Bonchev–Trinajstić information content (AvgIpc) is 3.49. The number of cyclic esters (lactones) is 1. The van der Waals surface area contributed by atoms with E-state index in [-0.39, 0.29) is 75.5 Å². The summed E-state index contributed by atoms with van der Waals surface area (Å²) in [6.45, 7) is 2.16. The van der Waals surface area contributed by atoms with Crippen molar-refractivity contribution in [2.24, 2.45) is 28.6 Å². The zero-order chi connectivity index (χ0) is 31.2. The summed E-state index contributed by atoms with van der Waals surface area (Å²) < 4.78 is 16.5. The molecule has 0 aromatic heterocycles. The van der Waals surface area contributed by atoms with Crippen LogP contribution in [-0.4, -0.2) is 80.8 Å². The second-order valence-electron chi connectivity index (χ2n) is 13.5. The van der Waals surface area contributed by atoms with Crippen LogP contribution >= 0.6 is 0 Å². The van der Waals surface area contributed by atoms with Crippen molar-refractivity contribution in [1.29, 1.82) is 0 Å². The van der Waals surface area contributed by atoms with Gasteiger partial charge in [0.05, 0.1) is 43.5 Å². The fraction of sp³-hybridized carbons (Fsp3) is 0.774. The molecule has 238 valence electrons. The number of ether oxygens (including phenoxy) is 3. The zero-order valence-corrected chi connectivity index (χ0v) is 24.5. The Morgan fingerprint density at radius 2 is 1.56 bits per heavy atom. The lowest BCUT2D eigenvalue weighted by atomic mass is 9.41. The van der Waals surface area contributed by atoms with Crippen molar-refractivity contribution in [3.63, 3.8) is 0 Å². The Hall–Kier alpha value is -2.99. The van der Waals surface area contributed by atoms with Gasteiger partial charge in [0.15, 0.2) is 0 Å². The fourth-order valence-electron chi connectivity index (χ4n) is 9.51. The highest BCUT2D eigenvalue weighted by Gasteiger charge is 2.71. The number of fused-ring (bicyclic) bond motifs is 5. The van der Waals surface area contributed by atoms with Gasteiger partial charge in [0.25, 0.3) is 0 Å². The molecule has 1 aliphatic heterocycles. The molecule has 4 N–H and O–H groups in total. The number of esters is 3. The smallest absolute Gasteiger partial charge is 0.331 e. The van der Waals surface area contributed by atoms with E-state index in [4.69, 9.17) is 24.4 Å². The highest BCUT2D eigenvalue weighted by Crippen LogP contribution is 2.70. The van der Waals surface area contributed by atoms with E-state index in [2.05, 4.69) is 6.92 Å². The molecule has 4 aliphatic carbocycles. The lowest BCUT2D eigenvalue weighted by Gasteiger charge is -2.66. The molecule has 0 aromatic carbocycles. The predicted octanol–water partition coefficient (Wildman–Crippen LogP) is 2.52. The number of carboxylic acids is 2. The SMILES string of the molecule is CC12CCC3C(CCC4(O)CC(OC(=O)CCC(=O)O)CCC34COC(=O)CCC(=O)O)C1(O)CCC2C1=CC(=O)OC1. The molecule has 43 heavy (non-hydrogen) atoms. The summed E-state index contributed by atoms with van der Waals surface area (Å²) in [6, 6.07) is 0. The lowest BCUT2D eigenvalue weighted by Crippen LogP contribution is -2.69. The van der Waals surface area contributed by atoms with Gasteiger partial charge < -0.3 is 34.6 Å². The maximum absolute atomic E-state index is 12.6. The number of carboxylic acid groups (broad SMARTS) is 2. The summed E-state index contributed by atoms with van der Waals surface area (Å²) in [5, 5.41) is 42.8. The highest BCUT2D eigenvalue weighted by molar-refractivity contribution is 5.85. The second kappa shape index (κ2) is 11.5. The first kappa shape index (κ1) is 31.4. The van der Waals surface area contributed by atoms with Gasteiger partial charge in [-0.3, -0.25) is 19.2 Å². The van der Waals surface area contributed by atoms with Crippen LogP contribution in [0.3, 0.4) is 0 Å². The Kier molecular flexibility index (Phi) is 8.41. The van der Waals surface area contributed by atoms with Crippen LogP contribution in [0.15, 0.2) is 11.6 Å². The molecule has 4 saturated carbocycles. The molecule has 1 heterocycles. The van der Waals surface area contributed by atoms with Crippen molar-refractivity contribution >= 4 is 29.8 Å². The number of carbonyl (C=O) groups excluding carboxylic acids is 3. The first-order valence-electron chi connectivity index (χ1n) is 15.3. The minimum Gasteiger partial charge on any atom is -0.481 e. The number of carbonyl (C=O) groups is 5. The number of hydrogen-bond donors (Lipinski definition) is 4. The van der Waals surface area contributed by atoms with Gasteiger partial charge in [0.2, 0.25) is 0 Å². The standard InChI is InChI=1S/C31H42O12/c1-28-10-7-21-22(31(28,40)13-9-20(28)18-14-27(38)41-16-18)8-12-30(39)15-19(43-26(37)5-3-24(34)35)6-11-29(21,30)17-42-25(36)4-2-23(32)33/h14,19-22,39-40H,2-13,15-17H2,1H3,(H,32,33)(H,34,35). The molecule has 5 rings (SSSR count). The molecule has 8 atom stereocenters. The summed E-state index contributed by atoms with van der Waals surface area (Å²) in [5.74, 6) is -4.39. The Morgan fingerprint density at radius 3 is 2.21 bits per heavy atom. The fourth-order valence-corrected chi connectivity index (χ4v) is 9.51. The van der Waals surface area contributed by atoms with E-state index in [0.717, 1.165) is 5.57 Å². The van der Waals surface area contributed by atoms with Gasteiger partial charge in [-0.05, 0) is 74.7 Å². The van der Waals surface area contributed by atoms with Gasteiger partial charge in [-0.2, -0.15) is 0 Å². The maximum atomic E-state index is 12.6. The molecule has 0 amide bonds. The van der Waals surface area contributed by atoms with Crippen LogP contribution in [-0.2, 0) is 38.2 Å². The molecule has 0 aromatic rings. The molecule has 0 bridgehead atoms. The molecule has 0 radical (unpaired) electrons. The highest BCUT2D eigenvalue weighted by atomic mass is 16.5. The van der Waals surface area contributed by atoms with Crippen molar-refractivity contribution in [2.75, 3.05) is 13.2 Å². The van der Waals surface area contributed by atoms with Crippen LogP contribution in [0.1, 0.15) is 90.4 Å².